The predicted molar refractivity (Wildman–Crippen MR) is 84.9 cm³/mol. The summed E-state index contributed by atoms with van der Waals surface area (Å²) in [6, 6.07) is 7.21. The minimum Gasteiger partial charge on any atom is -0.444 e. The molecular formula is C17H25NO4. The van der Waals surface area contributed by atoms with Crippen LogP contribution in [0.1, 0.15) is 46.6 Å². The first-order valence-corrected chi connectivity index (χ1v) is 7.48. The second-order valence-electron chi connectivity index (χ2n) is 6.23. The van der Waals surface area contributed by atoms with E-state index in [1.54, 1.807) is 19.1 Å². The molecule has 1 aromatic carbocycles. The molecule has 0 aromatic heterocycles. The molecule has 0 bridgehead atoms. The lowest BCUT2D eigenvalue weighted by atomic mass is 10.1. The number of rotatable bonds is 5. The molecule has 1 atom stereocenters. The Balaban J connectivity index is 2.57. The molecule has 0 saturated carbocycles. The van der Waals surface area contributed by atoms with Crippen LogP contribution in [0.4, 0.5) is 4.79 Å². The number of carbonyl (C=O) groups is 2. The highest BCUT2D eigenvalue weighted by atomic mass is 16.6. The quantitative estimate of drug-likeness (QED) is 0.668. The Labute approximate surface area is 132 Å². The molecule has 1 N–H and O–H groups in total. The molecule has 0 saturated heterocycles. The van der Waals surface area contributed by atoms with Crippen LogP contribution in [-0.2, 0) is 16.0 Å². The third kappa shape index (κ3) is 7.11. The number of benzene rings is 1. The number of esters is 1. The maximum absolute atomic E-state index is 11.7. The van der Waals surface area contributed by atoms with Gasteiger partial charge in [0.15, 0.2) is 0 Å². The summed E-state index contributed by atoms with van der Waals surface area (Å²) in [6.07, 6.45) is 0.519. The molecule has 1 amide bonds. The van der Waals surface area contributed by atoms with Crippen molar-refractivity contribution in [2.45, 2.75) is 59.1 Å². The Morgan fingerprint density at radius 3 is 2.55 bits per heavy atom. The maximum Gasteiger partial charge on any atom is 0.407 e. The molecule has 1 rings (SSSR count). The number of nitrogens with one attached hydrogen (secondary N) is 1. The zero-order valence-corrected chi connectivity index (χ0v) is 13.9. The zero-order chi connectivity index (χ0) is 16.8. The highest BCUT2D eigenvalue weighted by Crippen LogP contribution is 2.15. The second kappa shape index (κ2) is 7.82. The molecule has 22 heavy (non-hydrogen) atoms. The molecule has 5 heteroatoms. The summed E-state index contributed by atoms with van der Waals surface area (Å²) in [7, 11) is 0. The Bertz CT molecular complexity index is 520. The van der Waals surface area contributed by atoms with Gasteiger partial charge in [-0.2, -0.15) is 0 Å². The number of hydrogen-bond acceptors (Lipinski definition) is 4. The summed E-state index contributed by atoms with van der Waals surface area (Å²) in [5.41, 5.74) is 0.461. The van der Waals surface area contributed by atoms with Crippen molar-refractivity contribution in [3.05, 3.63) is 29.8 Å². The van der Waals surface area contributed by atoms with Gasteiger partial charge in [-0.05, 0) is 51.8 Å². The maximum atomic E-state index is 11.7. The van der Waals surface area contributed by atoms with Gasteiger partial charge in [0.2, 0.25) is 0 Å². The van der Waals surface area contributed by atoms with Crippen LogP contribution in [0.25, 0.3) is 0 Å². The molecule has 0 aliphatic rings. The fourth-order valence-electron chi connectivity index (χ4n) is 1.85. The summed E-state index contributed by atoms with van der Waals surface area (Å²) in [4.78, 5) is 23.0. The van der Waals surface area contributed by atoms with Gasteiger partial charge in [-0.1, -0.05) is 19.1 Å². The van der Waals surface area contributed by atoms with E-state index in [1.807, 2.05) is 39.8 Å². The first kappa shape index (κ1) is 18.0. The lowest BCUT2D eigenvalue weighted by molar-refractivity contribution is -0.134. The van der Waals surface area contributed by atoms with E-state index in [2.05, 4.69) is 5.32 Å². The van der Waals surface area contributed by atoms with E-state index < -0.39 is 11.7 Å². The van der Waals surface area contributed by atoms with Gasteiger partial charge >= 0.3 is 12.1 Å². The van der Waals surface area contributed by atoms with Crippen LogP contribution in [0.15, 0.2) is 24.3 Å². The summed E-state index contributed by atoms with van der Waals surface area (Å²) in [5.74, 6) is 0.255. The summed E-state index contributed by atoms with van der Waals surface area (Å²) >= 11 is 0. The van der Waals surface area contributed by atoms with Crippen LogP contribution in [-0.4, -0.2) is 23.7 Å². The van der Waals surface area contributed by atoms with Crippen molar-refractivity contribution in [2.75, 3.05) is 0 Å². The fraction of sp³-hybridized carbons (Fsp3) is 0.529. The van der Waals surface area contributed by atoms with Crippen molar-refractivity contribution in [1.29, 1.82) is 0 Å². The van der Waals surface area contributed by atoms with Crippen LogP contribution in [0, 0.1) is 0 Å². The lowest BCUT2D eigenvalue weighted by Crippen LogP contribution is -2.38. The first-order chi connectivity index (χ1) is 10.2. The van der Waals surface area contributed by atoms with E-state index in [9.17, 15) is 9.59 Å². The van der Waals surface area contributed by atoms with Crippen molar-refractivity contribution in [3.8, 4) is 5.75 Å². The van der Waals surface area contributed by atoms with Crippen molar-refractivity contribution in [1.82, 2.24) is 5.32 Å². The standard InChI is InChI=1S/C17H25NO4/c1-6-15(19)21-14-9-7-8-13(11-14)10-12(2)18-16(20)22-17(3,4)5/h7-9,11-12H,6,10H2,1-5H3,(H,18,20)/t12-/m1/s1. The molecule has 0 unspecified atom stereocenters. The molecule has 0 heterocycles. The highest BCUT2D eigenvalue weighted by Gasteiger charge is 2.17. The smallest absolute Gasteiger partial charge is 0.407 e. The molecule has 0 radical (unpaired) electrons. The Morgan fingerprint density at radius 2 is 1.95 bits per heavy atom. The number of hydrogen-bond donors (Lipinski definition) is 1. The fourth-order valence-corrected chi connectivity index (χ4v) is 1.85. The second-order valence-corrected chi connectivity index (χ2v) is 6.23. The van der Waals surface area contributed by atoms with E-state index >= 15 is 0 Å². The van der Waals surface area contributed by atoms with Crippen LogP contribution in [0.3, 0.4) is 0 Å². The Kier molecular flexibility index (Phi) is 6.40. The molecule has 0 aliphatic carbocycles. The zero-order valence-electron chi connectivity index (χ0n) is 13.9. The van der Waals surface area contributed by atoms with Gasteiger partial charge in [-0.3, -0.25) is 4.79 Å². The van der Waals surface area contributed by atoms with Gasteiger partial charge in [0.25, 0.3) is 0 Å². The normalized spacial score (nSPS) is 12.4. The van der Waals surface area contributed by atoms with Crippen LogP contribution < -0.4 is 10.1 Å². The summed E-state index contributed by atoms with van der Waals surface area (Å²) in [5, 5.41) is 2.79. The minimum atomic E-state index is -0.516. The molecule has 122 valence electrons. The van der Waals surface area contributed by atoms with Crippen LogP contribution in [0.2, 0.25) is 0 Å². The molecule has 0 fully saturated rings. The van der Waals surface area contributed by atoms with Gasteiger partial charge in [0.05, 0.1) is 0 Å². The third-order valence-corrected chi connectivity index (χ3v) is 2.72. The monoisotopic (exact) mass is 307 g/mol. The largest absolute Gasteiger partial charge is 0.444 e. The highest BCUT2D eigenvalue weighted by molar-refractivity contribution is 5.72. The van der Waals surface area contributed by atoms with E-state index in [1.165, 1.54) is 0 Å². The van der Waals surface area contributed by atoms with E-state index in [0.717, 1.165) is 5.56 Å². The van der Waals surface area contributed by atoms with E-state index in [0.29, 0.717) is 18.6 Å². The van der Waals surface area contributed by atoms with Crippen molar-refractivity contribution >= 4 is 12.1 Å². The molecule has 1 aromatic rings. The molecule has 5 nitrogen and oxygen atoms in total. The van der Waals surface area contributed by atoms with Crippen molar-refractivity contribution < 1.29 is 19.1 Å². The number of amides is 1. The van der Waals surface area contributed by atoms with Crippen molar-refractivity contribution in [3.63, 3.8) is 0 Å². The third-order valence-electron chi connectivity index (χ3n) is 2.72. The molecule has 0 aliphatic heterocycles. The van der Waals surface area contributed by atoms with Gasteiger partial charge in [-0.25, -0.2) is 4.79 Å². The molecule has 0 spiro atoms. The van der Waals surface area contributed by atoms with Gasteiger partial charge in [0, 0.05) is 12.5 Å². The van der Waals surface area contributed by atoms with Gasteiger partial charge in [-0.15, -0.1) is 0 Å². The average molecular weight is 307 g/mol. The van der Waals surface area contributed by atoms with E-state index in [-0.39, 0.29) is 12.0 Å². The lowest BCUT2D eigenvalue weighted by Gasteiger charge is -2.22. The topological polar surface area (TPSA) is 64.6 Å². The SMILES string of the molecule is CCC(=O)Oc1cccc(C[C@@H](C)NC(=O)OC(C)(C)C)c1. The number of carbonyl (C=O) groups excluding carboxylic acids is 2. The summed E-state index contributed by atoms with van der Waals surface area (Å²) in [6.45, 7) is 9.11. The Morgan fingerprint density at radius 1 is 1.27 bits per heavy atom. The predicted octanol–water partition coefficient (Wildman–Crippen LogP) is 3.46. The Hall–Kier alpha value is -2.04. The van der Waals surface area contributed by atoms with Crippen LogP contribution >= 0.6 is 0 Å². The average Bonchev–Trinajstić information content (AvgIpc) is 2.36. The first-order valence-electron chi connectivity index (χ1n) is 7.48. The van der Waals surface area contributed by atoms with Gasteiger partial charge < -0.3 is 14.8 Å². The number of ether oxygens (including phenoxy) is 2. The van der Waals surface area contributed by atoms with E-state index in [4.69, 9.17) is 9.47 Å². The van der Waals surface area contributed by atoms with Crippen LogP contribution in [0.5, 0.6) is 5.75 Å². The number of alkyl carbamates (subject to hydrolysis) is 1. The molecular weight excluding hydrogens is 282 g/mol. The minimum absolute atomic E-state index is 0.0908. The van der Waals surface area contributed by atoms with Crippen molar-refractivity contribution in [2.24, 2.45) is 0 Å². The summed E-state index contributed by atoms with van der Waals surface area (Å²) < 4.78 is 10.4. The van der Waals surface area contributed by atoms with Gasteiger partial charge in [0.1, 0.15) is 11.4 Å².